The normalized spacial score (nSPS) is 13.6. The molecule has 0 aliphatic carbocycles. The number of halogens is 1. The van der Waals surface area contributed by atoms with Gasteiger partial charge in [0.2, 0.25) is 6.79 Å². The monoisotopic (exact) mass is 330 g/mol. The Hall–Kier alpha value is -0.710. The molecule has 0 aromatic heterocycles. The molecule has 86 valence electrons. The van der Waals surface area contributed by atoms with E-state index in [9.17, 15) is 0 Å². The van der Waals surface area contributed by atoms with Crippen LogP contribution in [-0.2, 0) is 0 Å². The Kier molecular flexibility index (Phi) is 4.51. The van der Waals surface area contributed by atoms with Gasteiger partial charge in [0.15, 0.2) is 11.5 Å². The maximum atomic E-state index is 5.33. The fraction of sp³-hybridized carbons (Fsp3) is 0.385. The zero-order valence-electron chi connectivity index (χ0n) is 9.12. The lowest BCUT2D eigenvalue weighted by Crippen LogP contribution is -1.92. The van der Waals surface area contributed by atoms with Gasteiger partial charge in [0.25, 0.3) is 0 Å². The van der Waals surface area contributed by atoms with Gasteiger partial charge in [-0.15, -0.1) is 0 Å². The third-order valence-electron chi connectivity index (χ3n) is 2.46. The molecule has 0 bridgehead atoms. The summed E-state index contributed by atoms with van der Waals surface area (Å²) in [5, 5.41) is 0. The Balaban J connectivity index is 1.90. The summed E-state index contributed by atoms with van der Waals surface area (Å²) in [5.41, 5.74) is 1.18. The number of benzene rings is 1. The van der Waals surface area contributed by atoms with Crippen molar-refractivity contribution in [3.63, 3.8) is 0 Å². The van der Waals surface area contributed by atoms with Gasteiger partial charge in [-0.2, -0.15) is 0 Å². The number of rotatable bonds is 5. The summed E-state index contributed by atoms with van der Waals surface area (Å²) in [5.74, 6) is 1.71. The summed E-state index contributed by atoms with van der Waals surface area (Å²) in [6, 6.07) is 6.05. The number of unbranched alkanes of at least 4 members (excludes halogenated alkanes) is 2. The van der Waals surface area contributed by atoms with E-state index in [-0.39, 0.29) is 0 Å². The third kappa shape index (κ3) is 3.14. The summed E-state index contributed by atoms with van der Waals surface area (Å²) in [6.07, 6.45) is 8.09. The first-order valence-electron chi connectivity index (χ1n) is 5.52. The van der Waals surface area contributed by atoms with E-state index in [4.69, 9.17) is 9.47 Å². The molecule has 1 aliphatic heterocycles. The van der Waals surface area contributed by atoms with Crippen LogP contribution in [0.3, 0.4) is 0 Å². The minimum absolute atomic E-state index is 0.345. The van der Waals surface area contributed by atoms with Crippen LogP contribution in [0.4, 0.5) is 0 Å². The quantitative estimate of drug-likeness (QED) is 0.461. The van der Waals surface area contributed by atoms with E-state index in [1.807, 2.05) is 12.1 Å². The lowest BCUT2D eigenvalue weighted by Gasteiger charge is -1.97. The molecular formula is C13H15IO2. The number of ether oxygens (including phenoxy) is 2. The molecule has 1 aromatic rings. The van der Waals surface area contributed by atoms with E-state index in [2.05, 4.69) is 40.8 Å². The molecule has 1 heterocycles. The standard InChI is InChI=1S/C13H15IO2/c14-8-4-2-1-3-5-11-6-7-12-13(9-11)16-10-15-12/h3,5-7,9H,1-2,4,8,10H2/b5-3+. The summed E-state index contributed by atoms with van der Waals surface area (Å²) in [6.45, 7) is 0.345. The molecule has 0 atom stereocenters. The molecule has 16 heavy (non-hydrogen) atoms. The van der Waals surface area contributed by atoms with Crippen LogP contribution in [0.1, 0.15) is 24.8 Å². The van der Waals surface area contributed by atoms with Crippen molar-refractivity contribution in [3.05, 3.63) is 29.8 Å². The lowest BCUT2D eigenvalue weighted by atomic mass is 10.1. The van der Waals surface area contributed by atoms with Gasteiger partial charge in [-0.25, -0.2) is 0 Å². The van der Waals surface area contributed by atoms with Crippen molar-refractivity contribution in [1.29, 1.82) is 0 Å². The molecule has 0 amide bonds. The van der Waals surface area contributed by atoms with E-state index in [0.29, 0.717) is 6.79 Å². The fourth-order valence-electron chi connectivity index (χ4n) is 1.59. The van der Waals surface area contributed by atoms with E-state index >= 15 is 0 Å². The van der Waals surface area contributed by atoms with Gasteiger partial charge in [-0.05, 0) is 41.4 Å². The Morgan fingerprint density at radius 2 is 2.06 bits per heavy atom. The van der Waals surface area contributed by atoms with Crippen LogP contribution in [0.15, 0.2) is 24.3 Å². The van der Waals surface area contributed by atoms with Gasteiger partial charge in [-0.3, -0.25) is 0 Å². The molecular weight excluding hydrogens is 315 g/mol. The molecule has 0 unspecified atom stereocenters. The first-order chi connectivity index (χ1) is 7.90. The fourth-order valence-corrected chi connectivity index (χ4v) is 2.13. The SMILES string of the molecule is ICCCC/C=C/c1ccc2c(c1)OCO2. The molecule has 0 saturated carbocycles. The van der Waals surface area contributed by atoms with Gasteiger partial charge in [0.1, 0.15) is 0 Å². The number of hydrogen-bond donors (Lipinski definition) is 0. The minimum atomic E-state index is 0.345. The van der Waals surface area contributed by atoms with Crippen molar-refractivity contribution < 1.29 is 9.47 Å². The van der Waals surface area contributed by atoms with Crippen LogP contribution in [0.25, 0.3) is 6.08 Å². The highest BCUT2D eigenvalue weighted by atomic mass is 127. The second kappa shape index (κ2) is 6.13. The molecule has 3 heteroatoms. The molecule has 2 nitrogen and oxygen atoms in total. The zero-order valence-corrected chi connectivity index (χ0v) is 11.3. The Labute approximate surface area is 110 Å². The van der Waals surface area contributed by atoms with Crippen LogP contribution in [-0.4, -0.2) is 11.2 Å². The highest BCUT2D eigenvalue weighted by Crippen LogP contribution is 2.32. The third-order valence-corrected chi connectivity index (χ3v) is 3.22. The Morgan fingerprint density at radius 1 is 1.19 bits per heavy atom. The Morgan fingerprint density at radius 3 is 2.94 bits per heavy atom. The van der Waals surface area contributed by atoms with E-state index < -0.39 is 0 Å². The first kappa shape index (κ1) is 11.8. The second-order valence-corrected chi connectivity index (χ2v) is 4.78. The van der Waals surface area contributed by atoms with Crippen molar-refractivity contribution in [3.8, 4) is 11.5 Å². The molecule has 2 rings (SSSR count). The maximum Gasteiger partial charge on any atom is 0.231 e. The van der Waals surface area contributed by atoms with Gasteiger partial charge in [-0.1, -0.05) is 40.8 Å². The van der Waals surface area contributed by atoms with Crippen LogP contribution in [0.5, 0.6) is 11.5 Å². The predicted molar refractivity (Wildman–Crippen MR) is 74.3 cm³/mol. The van der Waals surface area contributed by atoms with Crippen molar-refractivity contribution in [2.24, 2.45) is 0 Å². The van der Waals surface area contributed by atoms with Gasteiger partial charge >= 0.3 is 0 Å². The smallest absolute Gasteiger partial charge is 0.231 e. The summed E-state index contributed by atoms with van der Waals surface area (Å²) in [7, 11) is 0. The predicted octanol–water partition coefficient (Wildman–Crippen LogP) is 4.03. The molecule has 0 spiro atoms. The zero-order chi connectivity index (χ0) is 11.2. The van der Waals surface area contributed by atoms with Crippen LogP contribution < -0.4 is 9.47 Å². The Bertz CT molecular complexity index is 374. The topological polar surface area (TPSA) is 18.5 Å². The summed E-state index contributed by atoms with van der Waals surface area (Å²) >= 11 is 2.42. The molecule has 1 aromatic carbocycles. The molecule has 1 aliphatic rings. The highest BCUT2D eigenvalue weighted by molar-refractivity contribution is 14.1. The van der Waals surface area contributed by atoms with Crippen molar-refractivity contribution in [2.45, 2.75) is 19.3 Å². The average molecular weight is 330 g/mol. The van der Waals surface area contributed by atoms with E-state index in [1.54, 1.807) is 0 Å². The molecule has 0 saturated heterocycles. The lowest BCUT2D eigenvalue weighted by molar-refractivity contribution is 0.174. The van der Waals surface area contributed by atoms with E-state index in [0.717, 1.165) is 17.9 Å². The van der Waals surface area contributed by atoms with Crippen LogP contribution in [0.2, 0.25) is 0 Å². The van der Waals surface area contributed by atoms with E-state index in [1.165, 1.54) is 22.8 Å². The number of fused-ring (bicyclic) bond motifs is 1. The number of allylic oxidation sites excluding steroid dienone is 1. The highest BCUT2D eigenvalue weighted by Gasteiger charge is 2.11. The maximum absolute atomic E-state index is 5.33. The van der Waals surface area contributed by atoms with Crippen LogP contribution in [0, 0.1) is 0 Å². The van der Waals surface area contributed by atoms with Gasteiger partial charge in [0.05, 0.1) is 0 Å². The molecule has 0 N–H and O–H groups in total. The summed E-state index contributed by atoms with van der Waals surface area (Å²) < 4.78 is 11.8. The number of hydrogen-bond acceptors (Lipinski definition) is 2. The average Bonchev–Trinajstić information content (AvgIpc) is 2.76. The second-order valence-electron chi connectivity index (χ2n) is 3.70. The van der Waals surface area contributed by atoms with Gasteiger partial charge in [0, 0.05) is 0 Å². The number of alkyl halides is 1. The molecule has 0 fully saturated rings. The molecule has 0 radical (unpaired) electrons. The van der Waals surface area contributed by atoms with Crippen molar-refractivity contribution >= 4 is 28.7 Å². The van der Waals surface area contributed by atoms with Gasteiger partial charge < -0.3 is 9.47 Å². The largest absolute Gasteiger partial charge is 0.454 e. The van der Waals surface area contributed by atoms with Crippen molar-refractivity contribution in [1.82, 2.24) is 0 Å². The minimum Gasteiger partial charge on any atom is -0.454 e. The van der Waals surface area contributed by atoms with Crippen LogP contribution >= 0.6 is 22.6 Å². The first-order valence-corrected chi connectivity index (χ1v) is 7.05. The van der Waals surface area contributed by atoms with Crippen molar-refractivity contribution in [2.75, 3.05) is 11.2 Å². The summed E-state index contributed by atoms with van der Waals surface area (Å²) in [4.78, 5) is 0.